The molecule has 0 bridgehead atoms. The van der Waals surface area contributed by atoms with Crippen molar-refractivity contribution in [3.05, 3.63) is 29.8 Å². The molecule has 1 aliphatic rings. The van der Waals surface area contributed by atoms with Gasteiger partial charge in [0.15, 0.2) is 0 Å². The summed E-state index contributed by atoms with van der Waals surface area (Å²) in [5.41, 5.74) is 1.01. The number of hydrogen-bond acceptors (Lipinski definition) is 12. The van der Waals surface area contributed by atoms with E-state index in [2.05, 4.69) is 0 Å². The van der Waals surface area contributed by atoms with Crippen molar-refractivity contribution in [2.75, 3.05) is 46.2 Å². The molecular formula is C28H56N4O8P4. The highest BCUT2D eigenvalue weighted by Crippen LogP contribution is 2.80. The lowest BCUT2D eigenvalue weighted by Crippen LogP contribution is -2.07. The van der Waals surface area contributed by atoms with Crippen molar-refractivity contribution in [2.45, 2.75) is 100 Å². The first-order valence-electron chi connectivity index (χ1n) is 16.1. The predicted octanol–water partition coefficient (Wildman–Crippen LogP) is 12.2. The first-order valence-corrected chi connectivity index (χ1v) is 22.2. The molecule has 0 saturated carbocycles. The fraction of sp³-hybridized carbons (Fsp3) is 0.786. The first-order chi connectivity index (χ1) is 21.2. The Kier molecular flexibility index (Phi) is 18.8. The molecule has 256 valence electrons. The molecule has 1 unspecified atom stereocenters. The van der Waals surface area contributed by atoms with Crippen LogP contribution in [0.15, 0.2) is 42.3 Å². The van der Waals surface area contributed by atoms with E-state index in [1.54, 1.807) is 0 Å². The standard InChI is InChI=1S/C28H56N4O8P4/c1-9-19-33-41(34-20-10-2)29-42(35-21-11-3,36-22-12-4)31-44(39-25-15-7,40-28-18-16-17-27(8)26-28)32-43(30-41,37-23-13-5)38-24-14-6/h16-18,26H,9-15,19-25H2,1-8H3. The maximum atomic E-state index is 6.72. The molecule has 16 heteroatoms. The molecule has 1 atom stereocenters. The van der Waals surface area contributed by atoms with Crippen molar-refractivity contribution in [3.8, 4) is 5.75 Å². The normalized spacial score (nSPS) is 20.4. The van der Waals surface area contributed by atoms with Gasteiger partial charge >= 0.3 is 30.6 Å². The molecule has 0 radical (unpaired) electrons. The maximum absolute atomic E-state index is 6.72. The van der Waals surface area contributed by atoms with Crippen LogP contribution in [-0.2, 0) is 31.7 Å². The zero-order valence-corrected chi connectivity index (χ0v) is 31.6. The Labute approximate surface area is 266 Å². The summed E-state index contributed by atoms with van der Waals surface area (Å²) in [6.07, 6.45) is 4.99. The Hall–Kier alpha value is -0.340. The summed E-state index contributed by atoms with van der Waals surface area (Å²) in [6, 6.07) is 7.69. The van der Waals surface area contributed by atoms with Crippen molar-refractivity contribution in [3.63, 3.8) is 0 Å². The monoisotopic (exact) mass is 700 g/mol. The number of rotatable bonds is 23. The largest absolute Gasteiger partial charge is 0.422 e. The minimum absolute atomic E-state index is 0.314. The Bertz CT molecular complexity index is 1160. The molecule has 0 aromatic heterocycles. The molecule has 2 rings (SSSR count). The van der Waals surface area contributed by atoms with Gasteiger partial charge in [0.25, 0.3) is 0 Å². The molecule has 1 aliphatic heterocycles. The lowest BCUT2D eigenvalue weighted by Gasteiger charge is -2.33. The third-order valence-electron chi connectivity index (χ3n) is 5.36. The fourth-order valence-electron chi connectivity index (χ4n) is 3.46. The highest BCUT2D eigenvalue weighted by molar-refractivity contribution is 7.78. The molecule has 1 heterocycles. The lowest BCUT2D eigenvalue weighted by atomic mass is 10.2. The summed E-state index contributed by atoms with van der Waals surface area (Å²) in [7, 11) is -14.3. The maximum Gasteiger partial charge on any atom is 0.402 e. The van der Waals surface area contributed by atoms with E-state index < -0.39 is 30.6 Å². The molecule has 44 heavy (non-hydrogen) atoms. The number of aryl methyl sites for hydroxylation is 1. The summed E-state index contributed by atoms with van der Waals surface area (Å²) in [6.45, 7) is 18.5. The van der Waals surface area contributed by atoms with Gasteiger partial charge in [-0.3, -0.25) is 4.52 Å². The van der Waals surface area contributed by atoms with E-state index in [0.29, 0.717) is 84.1 Å². The van der Waals surface area contributed by atoms with Crippen LogP contribution in [0.3, 0.4) is 0 Å². The predicted molar refractivity (Wildman–Crippen MR) is 183 cm³/mol. The minimum Gasteiger partial charge on any atom is -0.422 e. The van der Waals surface area contributed by atoms with Gasteiger partial charge in [-0.15, -0.1) is 18.1 Å². The second-order valence-electron chi connectivity index (χ2n) is 10.1. The van der Waals surface area contributed by atoms with E-state index in [-0.39, 0.29) is 0 Å². The lowest BCUT2D eigenvalue weighted by molar-refractivity contribution is 0.222. The highest BCUT2D eigenvalue weighted by Gasteiger charge is 2.44. The molecule has 0 fully saturated rings. The van der Waals surface area contributed by atoms with Gasteiger partial charge in [0, 0.05) is 0 Å². The Morgan fingerprint density at radius 1 is 0.455 bits per heavy atom. The molecule has 1 aromatic carbocycles. The second-order valence-corrected chi connectivity index (χ2v) is 18.8. The Morgan fingerprint density at radius 2 is 0.750 bits per heavy atom. The van der Waals surface area contributed by atoms with E-state index >= 15 is 0 Å². The van der Waals surface area contributed by atoms with Crippen LogP contribution >= 0.6 is 30.6 Å². The molecule has 12 nitrogen and oxygen atoms in total. The van der Waals surface area contributed by atoms with Gasteiger partial charge in [-0.1, -0.05) is 60.6 Å². The van der Waals surface area contributed by atoms with Gasteiger partial charge in [0.1, 0.15) is 5.75 Å². The van der Waals surface area contributed by atoms with Crippen LogP contribution in [0.1, 0.15) is 99.0 Å². The second kappa shape index (κ2) is 20.8. The summed E-state index contributed by atoms with van der Waals surface area (Å²) >= 11 is 0. The van der Waals surface area contributed by atoms with Crippen molar-refractivity contribution in [2.24, 2.45) is 18.1 Å². The van der Waals surface area contributed by atoms with Gasteiger partial charge in [0.05, 0.1) is 46.2 Å². The third-order valence-corrected chi connectivity index (χ3v) is 16.7. The summed E-state index contributed by atoms with van der Waals surface area (Å²) in [4.78, 5) is 0. The molecule has 0 aliphatic carbocycles. The van der Waals surface area contributed by atoms with E-state index in [1.807, 2.05) is 79.7 Å². The van der Waals surface area contributed by atoms with Crippen LogP contribution < -0.4 is 4.52 Å². The van der Waals surface area contributed by atoms with E-state index in [0.717, 1.165) is 18.4 Å². The summed E-state index contributed by atoms with van der Waals surface area (Å²) in [5.74, 6) is 0.543. The molecular weight excluding hydrogens is 644 g/mol. The Balaban J connectivity index is 3.19. The van der Waals surface area contributed by atoms with Crippen LogP contribution in [0.2, 0.25) is 0 Å². The van der Waals surface area contributed by atoms with Crippen molar-refractivity contribution >= 4 is 30.6 Å². The average Bonchev–Trinajstić information content (AvgIpc) is 3.01. The van der Waals surface area contributed by atoms with Crippen molar-refractivity contribution in [1.29, 1.82) is 0 Å². The zero-order chi connectivity index (χ0) is 32.4. The van der Waals surface area contributed by atoms with E-state index in [1.165, 1.54) is 0 Å². The average molecular weight is 701 g/mol. The SMILES string of the molecule is CCCOP1(OCCC)=NP(OCCC)(OCCC)=NP(OCCC)(Oc2cccc(C)c2)=NP(OCCC)(OCCC)=N1. The molecule has 0 spiro atoms. The number of nitrogens with zero attached hydrogens (tertiary/aromatic N) is 4. The minimum atomic E-state index is -3.66. The smallest absolute Gasteiger partial charge is 0.402 e. The quantitative estimate of drug-likeness (QED) is 0.103. The molecule has 0 amide bonds. The highest BCUT2D eigenvalue weighted by atomic mass is 31.3. The van der Waals surface area contributed by atoms with Gasteiger partial charge in [-0.2, -0.15) is 0 Å². The summed E-state index contributed by atoms with van der Waals surface area (Å²) < 4.78 is 73.1. The van der Waals surface area contributed by atoms with E-state index in [9.17, 15) is 0 Å². The fourth-order valence-corrected chi connectivity index (χ4v) is 16.7. The van der Waals surface area contributed by atoms with Crippen LogP contribution in [0.5, 0.6) is 5.75 Å². The summed E-state index contributed by atoms with van der Waals surface area (Å²) in [5, 5.41) is 0. The zero-order valence-electron chi connectivity index (χ0n) is 28.1. The van der Waals surface area contributed by atoms with Gasteiger partial charge in [-0.25, -0.2) is 0 Å². The molecule has 1 aromatic rings. The number of hydrogen-bond donors (Lipinski definition) is 0. The van der Waals surface area contributed by atoms with Gasteiger partial charge < -0.3 is 31.7 Å². The molecule has 0 saturated heterocycles. The van der Waals surface area contributed by atoms with Crippen molar-refractivity contribution < 1.29 is 36.2 Å². The van der Waals surface area contributed by atoms with Crippen LogP contribution in [-0.4, -0.2) is 46.2 Å². The van der Waals surface area contributed by atoms with Crippen LogP contribution in [0, 0.1) is 6.92 Å². The van der Waals surface area contributed by atoms with Gasteiger partial charge in [-0.05, 0) is 69.6 Å². The van der Waals surface area contributed by atoms with Crippen molar-refractivity contribution in [1.82, 2.24) is 0 Å². The topological polar surface area (TPSA) is 123 Å². The Morgan fingerprint density at radius 3 is 1.07 bits per heavy atom. The first kappa shape index (κ1) is 39.8. The van der Waals surface area contributed by atoms with Gasteiger partial charge in [0.2, 0.25) is 0 Å². The molecule has 0 N–H and O–H groups in total. The van der Waals surface area contributed by atoms with E-state index in [4.69, 9.17) is 54.3 Å². The third kappa shape index (κ3) is 12.7. The number of benzene rings is 1. The van der Waals surface area contributed by atoms with Crippen LogP contribution in [0.4, 0.5) is 0 Å². The van der Waals surface area contributed by atoms with Crippen LogP contribution in [0.25, 0.3) is 0 Å².